The average Bonchev–Trinajstić information content (AvgIpc) is 2.17. The molecule has 0 spiro atoms. The molecule has 1 aromatic rings. The zero-order valence-corrected chi connectivity index (χ0v) is 11.9. The van der Waals surface area contributed by atoms with Gasteiger partial charge < -0.3 is 9.30 Å². The summed E-state index contributed by atoms with van der Waals surface area (Å²) in [6, 6.07) is 2.22. The van der Waals surface area contributed by atoms with E-state index in [4.69, 9.17) is 4.74 Å². The van der Waals surface area contributed by atoms with Crippen LogP contribution in [0.4, 0.5) is 4.79 Å². The number of aryl methyl sites for hydroxylation is 1. The topological polar surface area (TPSA) is 94.5 Å². The van der Waals surface area contributed by atoms with E-state index in [-0.39, 0.29) is 10.5 Å². The normalized spacial score (nSPS) is 12.0. The Balaban J connectivity index is 2.96. The summed E-state index contributed by atoms with van der Waals surface area (Å²) in [5.74, 6) is 0. The maximum atomic E-state index is 11.9. The van der Waals surface area contributed by atoms with Gasteiger partial charge >= 0.3 is 6.09 Å². The monoisotopic (exact) mass is 288 g/mol. The third-order valence-corrected chi connectivity index (χ3v) is 3.28. The summed E-state index contributed by atoms with van der Waals surface area (Å²) in [4.78, 5) is 22.4. The molecule has 0 aliphatic heterocycles. The fraction of sp³-hybridized carbons (Fsp3) is 0.455. The van der Waals surface area contributed by atoms with Crippen LogP contribution in [0.15, 0.2) is 28.0 Å². The summed E-state index contributed by atoms with van der Waals surface area (Å²) in [7, 11) is -2.64. The minimum absolute atomic E-state index is 0.194. The number of carbonyl (C=O) groups excluding carboxylic acids is 1. The first-order valence-corrected chi connectivity index (χ1v) is 6.92. The molecule has 0 bridgehead atoms. The second-order valence-electron chi connectivity index (χ2n) is 4.92. The van der Waals surface area contributed by atoms with Crippen molar-refractivity contribution in [1.82, 2.24) is 9.29 Å². The Bertz CT molecular complexity index is 640. The number of rotatable bonds is 2. The van der Waals surface area contributed by atoms with Crippen molar-refractivity contribution in [3.63, 3.8) is 0 Å². The number of sulfonamides is 1. The van der Waals surface area contributed by atoms with E-state index in [9.17, 15) is 18.0 Å². The van der Waals surface area contributed by atoms with E-state index >= 15 is 0 Å². The maximum absolute atomic E-state index is 11.9. The Hall–Kier alpha value is -1.83. The van der Waals surface area contributed by atoms with Gasteiger partial charge in [0.25, 0.3) is 10.0 Å². The van der Waals surface area contributed by atoms with Gasteiger partial charge in [0.15, 0.2) is 0 Å². The maximum Gasteiger partial charge on any atom is 0.421 e. The van der Waals surface area contributed by atoms with Crippen molar-refractivity contribution < 1.29 is 17.9 Å². The molecule has 0 aromatic carbocycles. The molecule has 1 heterocycles. The molecule has 106 valence electrons. The molecule has 0 aliphatic rings. The van der Waals surface area contributed by atoms with Crippen LogP contribution in [0.25, 0.3) is 0 Å². The van der Waals surface area contributed by atoms with Crippen LogP contribution in [0.3, 0.4) is 0 Å². The van der Waals surface area contributed by atoms with Gasteiger partial charge in [-0.2, -0.15) is 0 Å². The fourth-order valence-electron chi connectivity index (χ4n) is 1.20. The van der Waals surface area contributed by atoms with Gasteiger partial charge in [-0.1, -0.05) is 0 Å². The van der Waals surface area contributed by atoms with Crippen molar-refractivity contribution in [2.24, 2.45) is 7.05 Å². The number of ether oxygens (including phenoxy) is 1. The first kappa shape index (κ1) is 15.2. The first-order valence-electron chi connectivity index (χ1n) is 5.44. The van der Waals surface area contributed by atoms with Gasteiger partial charge in [-0.3, -0.25) is 4.79 Å². The third kappa shape index (κ3) is 4.40. The molecule has 0 radical (unpaired) electrons. The zero-order valence-electron chi connectivity index (χ0n) is 11.1. The van der Waals surface area contributed by atoms with Crippen molar-refractivity contribution >= 4 is 16.1 Å². The lowest BCUT2D eigenvalue weighted by molar-refractivity contribution is 0.0570. The Morgan fingerprint density at radius 1 is 1.32 bits per heavy atom. The Labute approximate surface area is 111 Å². The van der Waals surface area contributed by atoms with Crippen LogP contribution in [-0.2, 0) is 21.8 Å². The van der Waals surface area contributed by atoms with Crippen LogP contribution in [0.1, 0.15) is 20.8 Å². The van der Waals surface area contributed by atoms with Crippen LogP contribution < -0.4 is 10.3 Å². The number of nitrogens with zero attached hydrogens (tertiary/aromatic N) is 1. The van der Waals surface area contributed by atoms with Crippen LogP contribution in [0.2, 0.25) is 0 Å². The molecule has 8 heteroatoms. The van der Waals surface area contributed by atoms with Gasteiger partial charge in [-0.15, -0.1) is 0 Å². The molecule has 1 aromatic heterocycles. The highest BCUT2D eigenvalue weighted by atomic mass is 32.2. The Kier molecular flexibility index (Phi) is 4.04. The summed E-state index contributed by atoms with van der Waals surface area (Å²) in [5, 5.41) is 0. The molecular formula is C11H16N2O5S. The van der Waals surface area contributed by atoms with Gasteiger partial charge in [-0.25, -0.2) is 17.9 Å². The van der Waals surface area contributed by atoms with E-state index in [0.29, 0.717) is 0 Å². The van der Waals surface area contributed by atoms with E-state index in [1.54, 1.807) is 25.5 Å². The Morgan fingerprint density at radius 2 is 1.89 bits per heavy atom. The second-order valence-corrected chi connectivity index (χ2v) is 6.60. The summed E-state index contributed by atoms with van der Waals surface area (Å²) < 4.78 is 31.5. The number of carbonyl (C=O) groups is 1. The lowest BCUT2D eigenvalue weighted by Crippen LogP contribution is -2.36. The van der Waals surface area contributed by atoms with E-state index in [2.05, 4.69) is 0 Å². The Morgan fingerprint density at radius 3 is 2.37 bits per heavy atom. The molecule has 0 aliphatic carbocycles. The quantitative estimate of drug-likeness (QED) is 0.860. The van der Waals surface area contributed by atoms with Gasteiger partial charge in [0.1, 0.15) is 10.5 Å². The number of amides is 1. The van der Waals surface area contributed by atoms with Crippen LogP contribution in [0, 0.1) is 0 Å². The van der Waals surface area contributed by atoms with Gasteiger partial charge in [-0.05, 0) is 26.8 Å². The molecule has 0 fully saturated rings. The van der Waals surface area contributed by atoms with Crippen molar-refractivity contribution in [2.75, 3.05) is 0 Å². The number of nitrogens with one attached hydrogen (secondary N) is 1. The standard InChI is InChI=1S/C11H16N2O5S/c1-11(2,3)18-10(15)12-19(16,17)8-5-6-9(14)13(4)7-8/h5-7H,1-4H3,(H,12,15). The predicted octanol–water partition coefficient (Wildman–Crippen LogP) is 0.599. The molecule has 7 nitrogen and oxygen atoms in total. The number of hydrogen-bond acceptors (Lipinski definition) is 5. The van der Waals surface area contributed by atoms with Crippen molar-refractivity contribution in [2.45, 2.75) is 31.3 Å². The highest BCUT2D eigenvalue weighted by Crippen LogP contribution is 2.09. The number of aromatic nitrogens is 1. The number of hydrogen-bond donors (Lipinski definition) is 1. The molecule has 1 N–H and O–H groups in total. The molecule has 0 saturated carbocycles. The smallest absolute Gasteiger partial charge is 0.421 e. The van der Waals surface area contributed by atoms with Crippen molar-refractivity contribution in [1.29, 1.82) is 0 Å². The van der Waals surface area contributed by atoms with Gasteiger partial charge in [0, 0.05) is 19.3 Å². The van der Waals surface area contributed by atoms with E-state index < -0.39 is 21.7 Å². The summed E-state index contributed by atoms with van der Waals surface area (Å²) in [5.41, 5.74) is -1.15. The lowest BCUT2D eigenvalue weighted by Gasteiger charge is -2.19. The van der Waals surface area contributed by atoms with Crippen LogP contribution in [0.5, 0.6) is 0 Å². The van der Waals surface area contributed by atoms with Crippen LogP contribution >= 0.6 is 0 Å². The highest BCUT2D eigenvalue weighted by molar-refractivity contribution is 7.90. The van der Waals surface area contributed by atoms with Crippen molar-refractivity contribution in [3.05, 3.63) is 28.7 Å². The summed E-state index contributed by atoms with van der Waals surface area (Å²) in [6.07, 6.45) is 0.0519. The lowest BCUT2D eigenvalue weighted by atomic mass is 10.2. The third-order valence-electron chi connectivity index (χ3n) is 1.99. The SMILES string of the molecule is Cn1cc(S(=O)(=O)NC(=O)OC(C)(C)C)ccc1=O. The fourth-order valence-corrected chi connectivity index (χ4v) is 2.12. The van der Waals surface area contributed by atoms with Gasteiger partial charge in [0.05, 0.1) is 0 Å². The largest absolute Gasteiger partial charge is 0.443 e. The zero-order chi connectivity index (χ0) is 14.8. The molecule has 1 amide bonds. The molecule has 0 unspecified atom stereocenters. The highest BCUT2D eigenvalue weighted by Gasteiger charge is 2.23. The molecule has 0 atom stereocenters. The van der Waals surface area contributed by atoms with E-state index in [0.717, 1.165) is 22.9 Å². The number of pyridine rings is 1. The second kappa shape index (κ2) is 5.04. The van der Waals surface area contributed by atoms with Crippen molar-refractivity contribution in [3.8, 4) is 0 Å². The van der Waals surface area contributed by atoms with Crippen LogP contribution in [-0.4, -0.2) is 24.7 Å². The van der Waals surface area contributed by atoms with E-state index in [1.807, 2.05) is 0 Å². The first-order chi connectivity index (χ1) is 8.51. The summed E-state index contributed by atoms with van der Waals surface area (Å²) in [6.45, 7) is 4.85. The molecule has 1 rings (SSSR count). The summed E-state index contributed by atoms with van der Waals surface area (Å²) >= 11 is 0. The molecular weight excluding hydrogens is 272 g/mol. The molecule has 19 heavy (non-hydrogen) atoms. The predicted molar refractivity (Wildman–Crippen MR) is 68.2 cm³/mol. The minimum Gasteiger partial charge on any atom is -0.443 e. The van der Waals surface area contributed by atoms with E-state index in [1.165, 1.54) is 7.05 Å². The van der Waals surface area contributed by atoms with Gasteiger partial charge in [0.2, 0.25) is 5.56 Å². The molecule has 0 saturated heterocycles. The minimum atomic E-state index is -4.06. The average molecular weight is 288 g/mol.